The maximum Gasteiger partial charge on any atom is 0.243 e. The standard InChI is InChI=1S/C24H35ClN2O6S/c25-18-6-9-21(10-7-18)34(30,31)27-14-19(28)15-32-16-23-22(27)11-8-20(33-23)12-24(29)26-13-17-4-2-1-3-5-17/h6-7,9-10,17,19-20,22-23,28H,1-5,8,11-16H2,(H,26,29)/t19-,20-,22-,23+/m1/s1. The van der Waals surface area contributed by atoms with Gasteiger partial charge in [0, 0.05) is 18.1 Å². The van der Waals surface area contributed by atoms with Crippen molar-refractivity contribution in [2.75, 3.05) is 26.3 Å². The normalized spacial score (nSPS) is 29.6. The number of nitrogens with one attached hydrogen (secondary N) is 1. The number of carbonyl (C=O) groups is 1. The van der Waals surface area contributed by atoms with Crippen LogP contribution in [-0.2, 0) is 24.3 Å². The zero-order valence-electron chi connectivity index (χ0n) is 19.4. The summed E-state index contributed by atoms with van der Waals surface area (Å²) in [5.41, 5.74) is 0. The molecule has 2 aliphatic heterocycles. The molecule has 1 aromatic carbocycles. The van der Waals surface area contributed by atoms with Crippen LogP contribution in [0.1, 0.15) is 51.4 Å². The van der Waals surface area contributed by atoms with Gasteiger partial charge in [-0.2, -0.15) is 4.31 Å². The van der Waals surface area contributed by atoms with Gasteiger partial charge in [0.05, 0.1) is 48.9 Å². The van der Waals surface area contributed by atoms with Gasteiger partial charge in [0.25, 0.3) is 0 Å². The Morgan fingerprint density at radius 2 is 1.82 bits per heavy atom. The fraction of sp³-hybridized carbons (Fsp3) is 0.708. The minimum atomic E-state index is -3.88. The van der Waals surface area contributed by atoms with Crippen LogP contribution < -0.4 is 5.32 Å². The van der Waals surface area contributed by atoms with Crippen LogP contribution in [0, 0.1) is 5.92 Å². The van der Waals surface area contributed by atoms with Gasteiger partial charge in [0.2, 0.25) is 15.9 Å². The SMILES string of the molecule is O=C(C[C@H]1CC[C@@H]2[C@H](COC[C@H](O)CN2S(=O)(=O)c2ccc(Cl)cc2)O1)NCC1CCCCC1. The highest BCUT2D eigenvalue weighted by Crippen LogP contribution is 2.32. The van der Waals surface area contributed by atoms with Gasteiger partial charge in [-0.05, 0) is 55.9 Å². The lowest BCUT2D eigenvalue weighted by Crippen LogP contribution is -2.57. The second kappa shape index (κ2) is 11.7. The third-order valence-corrected chi connectivity index (χ3v) is 9.24. The molecule has 1 amide bonds. The highest BCUT2D eigenvalue weighted by atomic mass is 35.5. The number of hydrogen-bond acceptors (Lipinski definition) is 6. The lowest BCUT2D eigenvalue weighted by Gasteiger charge is -2.43. The number of fused-ring (bicyclic) bond motifs is 1. The van der Waals surface area contributed by atoms with Crippen LogP contribution in [0.3, 0.4) is 0 Å². The van der Waals surface area contributed by atoms with E-state index in [4.69, 9.17) is 21.1 Å². The van der Waals surface area contributed by atoms with Gasteiger partial charge in [-0.15, -0.1) is 0 Å². The molecule has 1 aromatic rings. The average molecular weight is 515 g/mol. The molecule has 0 aromatic heterocycles. The molecule has 0 unspecified atom stereocenters. The summed E-state index contributed by atoms with van der Waals surface area (Å²) in [6, 6.07) is 5.52. The van der Waals surface area contributed by atoms with Crippen LogP contribution in [-0.4, -0.2) is 74.4 Å². The van der Waals surface area contributed by atoms with Crippen LogP contribution in [0.4, 0.5) is 0 Å². The minimum absolute atomic E-state index is 0.0196. The van der Waals surface area contributed by atoms with Crippen molar-refractivity contribution in [1.82, 2.24) is 9.62 Å². The van der Waals surface area contributed by atoms with E-state index in [1.165, 1.54) is 60.7 Å². The number of β-amino-alcohol motifs (C(OH)–C–C–N with tert-alkyl or cyclic N) is 1. The monoisotopic (exact) mass is 514 g/mol. The van der Waals surface area contributed by atoms with Gasteiger partial charge in [-0.3, -0.25) is 4.79 Å². The fourth-order valence-corrected chi connectivity index (χ4v) is 7.08. The van der Waals surface area contributed by atoms with E-state index in [1.807, 2.05) is 0 Å². The zero-order chi connectivity index (χ0) is 24.1. The highest BCUT2D eigenvalue weighted by molar-refractivity contribution is 7.89. The lowest BCUT2D eigenvalue weighted by molar-refractivity contribution is -0.146. The Kier molecular flexibility index (Phi) is 8.87. The molecule has 2 heterocycles. The van der Waals surface area contributed by atoms with E-state index in [9.17, 15) is 18.3 Å². The molecule has 190 valence electrons. The number of amides is 1. The molecular formula is C24H35ClN2O6S. The molecule has 2 N–H and O–H groups in total. The molecular weight excluding hydrogens is 480 g/mol. The molecule has 8 nitrogen and oxygen atoms in total. The first-order valence-corrected chi connectivity index (χ1v) is 14.1. The maximum atomic E-state index is 13.5. The summed E-state index contributed by atoms with van der Waals surface area (Å²) in [6.07, 6.45) is 5.69. The molecule has 3 aliphatic rings. The molecule has 1 aliphatic carbocycles. The van der Waals surface area contributed by atoms with Crippen molar-refractivity contribution >= 4 is 27.5 Å². The smallest absolute Gasteiger partial charge is 0.243 e. The minimum Gasteiger partial charge on any atom is -0.389 e. The third-order valence-electron chi connectivity index (χ3n) is 7.08. The van der Waals surface area contributed by atoms with Crippen LogP contribution in [0.2, 0.25) is 5.02 Å². The number of ether oxygens (including phenoxy) is 2. The predicted molar refractivity (Wildman–Crippen MR) is 128 cm³/mol. The van der Waals surface area contributed by atoms with Gasteiger partial charge in [-0.1, -0.05) is 30.9 Å². The molecule has 0 bridgehead atoms. The zero-order valence-corrected chi connectivity index (χ0v) is 21.0. The van der Waals surface area contributed by atoms with Crippen molar-refractivity contribution in [1.29, 1.82) is 0 Å². The first-order valence-electron chi connectivity index (χ1n) is 12.3. The molecule has 10 heteroatoms. The number of halogens is 1. The first-order chi connectivity index (χ1) is 16.3. The first kappa shape index (κ1) is 25.9. The van der Waals surface area contributed by atoms with Crippen LogP contribution >= 0.6 is 11.6 Å². The summed E-state index contributed by atoms with van der Waals surface area (Å²) < 4.78 is 40.1. The summed E-state index contributed by atoms with van der Waals surface area (Å²) in [5, 5.41) is 13.8. The molecule has 1 saturated carbocycles. The fourth-order valence-electron chi connectivity index (χ4n) is 5.24. The predicted octanol–water partition coefficient (Wildman–Crippen LogP) is 2.72. The van der Waals surface area contributed by atoms with Crippen molar-refractivity contribution in [3.05, 3.63) is 29.3 Å². The lowest BCUT2D eigenvalue weighted by atomic mass is 9.89. The number of sulfonamides is 1. The number of hydrogen-bond donors (Lipinski definition) is 2. The van der Waals surface area contributed by atoms with Crippen molar-refractivity contribution in [2.45, 2.75) is 80.6 Å². The van der Waals surface area contributed by atoms with Gasteiger partial charge in [-0.25, -0.2) is 8.42 Å². The van der Waals surface area contributed by atoms with Gasteiger partial charge >= 0.3 is 0 Å². The second-order valence-electron chi connectivity index (χ2n) is 9.67. The molecule has 3 fully saturated rings. The third kappa shape index (κ3) is 6.50. The van der Waals surface area contributed by atoms with Crippen molar-refractivity contribution in [3.63, 3.8) is 0 Å². The quantitative estimate of drug-likeness (QED) is 0.604. The summed E-state index contributed by atoms with van der Waals surface area (Å²) in [6.45, 7) is 0.814. The number of rotatable bonds is 6. The van der Waals surface area contributed by atoms with E-state index >= 15 is 0 Å². The van der Waals surface area contributed by atoms with Gasteiger partial charge in [0.1, 0.15) is 0 Å². The Morgan fingerprint density at radius 3 is 2.56 bits per heavy atom. The molecule has 4 rings (SSSR count). The maximum absolute atomic E-state index is 13.5. The summed E-state index contributed by atoms with van der Waals surface area (Å²) in [7, 11) is -3.88. The molecule has 34 heavy (non-hydrogen) atoms. The van der Waals surface area contributed by atoms with E-state index in [0.29, 0.717) is 30.3 Å². The highest BCUT2D eigenvalue weighted by Gasteiger charge is 2.43. The number of nitrogens with zero attached hydrogens (tertiary/aromatic N) is 1. The largest absolute Gasteiger partial charge is 0.389 e. The van der Waals surface area contributed by atoms with E-state index in [2.05, 4.69) is 5.32 Å². The van der Waals surface area contributed by atoms with Crippen molar-refractivity contribution in [3.8, 4) is 0 Å². The summed E-state index contributed by atoms with van der Waals surface area (Å²) in [4.78, 5) is 12.7. The molecule has 0 spiro atoms. The molecule has 0 radical (unpaired) electrons. The van der Waals surface area contributed by atoms with E-state index in [0.717, 1.165) is 0 Å². The summed E-state index contributed by atoms with van der Waals surface area (Å²) >= 11 is 5.94. The van der Waals surface area contributed by atoms with E-state index < -0.39 is 28.3 Å². The van der Waals surface area contributed by atoms with Crippen LogP contribution in [0.5, 0.6) is 0 Å². The Labute approximate surface area is 207 Å². The number of carbonyl (C=O) groups excluding carboxylic acids is 1. The Balaban J connectivity index is 1.40. The molecule has 4 atom stereocenters. The Morgan fingerprint density at radius 1 is 1.09 bits per heavy atom. The number of benzene rings is 1. The summed E-state index contributed by atoms with van der Waals surface area (Å²) in [5.74, 6) is 0.535. The second-order valence-corrected chi connectivity index (χ2v) is 12.0. The average Bonchev–Trinajstić information content (AvgIpc) is 2.81. The van der Waals surface area contributed by atoms with Crippen LogP contribution in [0.25, 0.3) is 0 Å². The van der Waals surface area contributed by atoms with E-state index in [1.54, 1.807) is 0 Å². The Bertz CT molecular complexity index is 922. The van der Waals surface area contributed by atoms with E-state index in [-0.39, 0.29) is 43.1 Å². The van der Waals surface area contributed by atoms with Crippen molar-refractivity contribution in [2.24, 2.45) is 5.92 Å². The van der Waals surface area contributed by atoms with Crippen molar-refractivity contribution < 1.29 is 27.8 Å². The molecule has 2 saturated heterocycles. The van der Waals surface area contributed by atoms with Crippen LogP contribution in [0.15, 0.2) is 29.2 Å². The number of aliphatic hydroxyl groups excluding tert-OH is 1. The van der Waals surface area contributed by atoms with Gasteiger partial charge in [0.15, 0.2) is 0 Å². The Hall–Kier alpha value is -1.23. The topological polar surface area (TPSA) is 105 Å². The van der Waals surface area contributed by atoms with Gasteiger partial charge < -0.3 is 19.9 Å². The number of aliphatic hydroxyl groups is 1.